The Hall–Kier alpha value is 0.990. The van der Waals surface area contributed by atoms with Crippen LogP contribution in [0.3, 0.4) is 0 Å². The molecule has 0 aliphatic heterocycles. The summed E-state index contributed by atoms with van der Waals surface area (Å²) in [5.74, 6) is 0. The van der Waals surface area contributed by atoms with E-state index < -0.39 is 0 Å². The summed E-state index contributed by atoms with van der Waals surface area (Å²) in [6, 6.07) is 0. The van der Waals surface area contributed by atoms with Crippen molar-refractivity contribution in [2.75, 3.05) is 26.3 Å². The molecule has 0 fully saturated rings. The van der Waals surface area contributed by atoms with Crippen molar-refractivity contribution in [2.45, 2.75) is 0 Å². The Labute approximate surface area is 106 Å². The second-order valence-corrected chi connectivity index (χ2v) is 2.65. The molecule has 0 amide bonds. The molecular weight excluding hydrogens is 207 g/mol. The van der Waals surface area contributed by atoms with Gasteiger partial charge < -0.3 is 46.1 Å². The molecule has 0 aliphatic carbocycles. The van der Waals surface area contributed by atoms with E-state index in [-0.39, 0.29) is 47.1 Å². The van der Waals surface area contributed by atoms with Gasteiger partial charge in [0, 0.05) is 13.1 Å². The molecule has 68 valence electrons. The zero-order valence-corrected chi connectivity index (χ0v) is 10.7. The maximum Gasteiger partial charge on any atom is 1.00 e. The van der Waals surface area contributed by atoms with Crippen LogP contribution in [-0.2, 0) is 12.6 Å². The molecule has 12 heavy (non-hydrogen) atoms. The minimum atomic E-state index is 0. The predicted octanol–water partition coefficient (Wildman–Crippen LogP) is -4.66. The molecule has 4 nitrogen and oxygen atoms in total. The summed E-state index contributed by atoms with van der Waals surface area (Å²) in [6.07, 6.45) is 0. The molecule has 0 aromatic heterocycles. The number of thiocarbonyl (C=S) groups is 1. The van der Waals surface area contributed by atoms with Gasteiger partial charge in [-0.25, -0.2) is 0 Å². The molecular formula is C5H13N2NaO2S2. The monoisotopic (exact) mass is 220 g/mol. The zero-order chi connectivity index (χ0) is 9.11. The number of hydrogen-bond donors (Lipinski definition) is 4. The minimum Gasteiger partial charge on any atom is -0.415 e. The van der Waals surface area contributed by atoms with Gasteiger partial charge >= 0.3 is 29.6 Å². The van der Waals surface area contributed by atoms with Crippen molar-refractivity contribution < 1.29 is 39.8 Å². The predicted molar refractivity (Wildman–Crippen MR) is 51.2 cm³/mol. The molecule has 5 N–H and O–H groups in total. The van der Waals surface area contributed by atoms with Gasteiger partial charge in [-0.2, -0.15) is 0 Å². The fourth-order valence-corrected chi connectivity index (χ4v) is 0.283. The van der Waals surface area contributed by atoms with Crippen molar-refractivity contribution in [3.05, 3.63) is 0 Å². The molecule has 0 unspecified atom stereocenters. The molecule has 0 aliphatic rings. The average Bonchev–Trinajstić information content (AvgIpc) is 1.88. The third-order valence-corrected chi connectivity index (χ3v) is 0.577. The van der Waals surface area contributed by atoms with Crippen LogP contribution in [0.5, 0.6) is 0 Å². The smallest absolute Gasteiger partial charge is 0.415 e. The van der Waals surface area contributed by atoms with Crippen molar-refractivity contribution in [1.82, 2.24) is 5.32 Å². The van der Waals surface area contributed by atoms with E-state index in [2.05, 4.69) is 35.9 Å². The molecule has 0 spiro atoms. The first-order valence-electron chi connectivity index (χ1n) is 3.04. The summed E-state index contributed by atoms with van der Waals surface area (Å²) in [7, 11) is 0. The van der Waals surface area contributed by atoms with E-state index in [1.165, 1.54) is 0 Å². The molecule has 7 heteroatoms. The molecule has 0 heterocycles. The number of nitrogens with two attached hydrogens (primary N) is 1. The molecule has 0 rings (SSSR count). The van der Waals surface area contributed by atoms with Crippen LogP contribution in [0.4, 0.5) is 0 Å². The van der Waals surface area contributed by atoms with E-state index >= 15 is 0 Å². The van der Waals surface area contributed by atoms with Crippen molar-refractivity contribution in [3.63, 3.8) is 0 Å². The molecule has 0 atom stereocenters. The Morgan fingerprint density at radius 2 is 1.58 bits per heavy atom. The van der Waals surface area contributed by atoms with E-state index in [9.17, 15) is 0 Å². The number of rotatable bonds is 4. The standard InChI is InChI=1S/C4H11NO2.CH3NS2.Na/c6-3-1-5-2-4-7;2-1(3)4;/h5-7H,1-4H2;(H3,2,3,4);/q;;+1/p-1. The third-order valence-electron chi connectivity index (χ3n) is 0.577. The normalized spacial score (nSPS) is 7.50. The number of aliphatic hydroxyl groups excluding tert-OH is 2. The van der Waals surface area contributed by atoms with Gasteiger partial charge in [-0.3, -0.25) is 0 Å². The van der Waals surface area contributed by atoms with Crippen LogP contribution in [0.2, 0.25) is 0 Å². The van der Waals surface area contributed by atoms with Gasteiger partial charge in [-0.05, 0) is 0 Å². The summed E-state index contributed by atoms with van der Waals surface area (Å²) in [5, 5.41) is 19.1. The zero-order valence-electron chi connectivity index (χ0n) is 7.12. The Balaban J connectivity index is -0.000000142. The maximum absolute atomic E-state index is 8.15. The van der Waals surface area contributed by atoms with Crippen molar-refractivity contribution >= 4 is 29.2 Å². The van der Waals surface area contributed by atoms with Gasteiger partial charge in [0.15, 0.2) is 0 Å². The SMILES string of the molecule is NC(=S)[S-].OCCNCCO.[Na+]. The molecule has 0 saturated carbocycles. The average molecular weight is 220 g/mol. The topological polar surface area (TPSA) is 78.5 Å². The van der Waals surface area contributed by atoms with Gasteiger partial charge in [0.1, 0.15) is 0 Å². The van der Waals surface area contributed by atoms with Gasteiger partial charge in [0.05, 0.1) is 13.2 Å². The fraction of sp³-hybridized carbons (Fsp3) is 0.800. The first kappa shape index (κ1) is 18.7. The largest absolute Gasteiger partial charge is 1.00 e. The maximum atomic E-state index is 8.15. The van der Waals surface area contributed by atoms with E-state index in [1.54, 1.807) is 0 Å². The first-order chi connectivity index (χ1) is 5.15. The van der Waals surface area contributed by atoms with Gasteiger partial charge in [-0.1, -0.05) is 4.32 Å². The van der Waals surface area contributed by atoms with E-state index in [0.29, 0.717) is 13.1 Å². The third kappa shape index (κ3) is 44.0. The van der Waals surface area contributed by atoms with Crippen LogP contribution in [-0.4, -0.2) is 40.8 Å². The van der Waals surface area contributed by atoms with Gasteiger partial charge in [0.2, 0.25) is 0 Å². The minimum absolute atomic E-state index is 0. The summed E-state index contributed by atoms with van der Waals surface area (Å²) >= 11 is 8.26. The molecule has 0 saturated heterocycles. The fourth-order valence-electron chi connectivity index (χ4n) is 0.283. The molecule has 0 aromatic carbocycles. The van der Waals surface area contributed by atoms with Crippen LogP contribution in [0.15, 0.2) is 0 Å². The van der Waals surface area contributed by atoms with Gasteiger partial charge in [-0.15, -0.1) is 0 Å². The molecule has 0 aromatic rings. The van der Waals surface area contributed by atoms with Crippen LogP contribution in [0.1, 0.15) is 0 Å². The van der Waals surface area contributed by atoms with Crippen LogP contribution in [0.25, 0.3) is 0 Å². The number of aliphatic hydroxyl groups is 2. The van der Waals surface area contributed by atoms with Crippen molar-refractivity contribution in [1.29, 1.82) is 0 Å². The first-order valence-corrected chi connectivity index (χ1v) is 3.85. The van der Waals surface area contributed by atoms with Crippen LogP contribution in [0, 0.1) is 0 Å². The van der Waals surface area contributed by atoms with Crippen LogP contribution < -0.4 is 40.6 Å². The summed E-state index contributed by atoms with van der Waals surface area (Å²) in [5.41, 5.74) is 4.66. The van der Waals surface area contributed by atoms with Crippen LogP contribution >= 0.6 is 12.2 Å². The number of nitrogens with one attached hydrogen (secondary N) is 1. The molecule has 0 bridgehead atoms. The second kappa shape index (κ2) is 17.9. The second-order valence-electron chi connectivity index (χ2n) is 1.52. The Morgan fingerprint density at radius 1 is 1.33 bits per heavy atom. The van der Waals surface area contributed by atoms with E-state index in [0.717, 1.165) is 0 Å². The quantitative estimate of drug-likeness (QED) is 0.165. The van der Waals surface area contributed by atoms with Gasteiger partial charge in [0.25, 0.3) is 0 Å². The van der Waals surface area contributed by atoms with E-state index in [1.807, 2.05) is 0 Å². The van der Waals surface area contributed by atoms with Crippen molar-refractivity contribution in [3.8, 4) is 0 Å². The summed E-state index contributed by atoms with van der Waals surface area (Å²) in [6.45, 7) is 1.42. The Bertz CT molecular complexity index is 89.5. The summed E-state index contributed by atoms with van der Waals surface area (Å²) in [4.78, 5) is 0. The summed E-state index contributed by atoms with van der Waals surface area (Å²) < 4.78 is 0.0833. The Morgan fingerprint density at radius 3 is 1.75 bits per heavy atom. The van der Waals surface area contributed by atoms with Crippen molar-refractivity contribution in [2.24, 2.45) is 5.73 Å². The van der Waals surface area contributed by atoms with E-state index in [4.69, 9.17) is 10.2 Å². The number of hydrogen-bond acceptors (Lipinski definition) is 5. The Kier molecular flexibility index (Phi) is 27.9. The molecule has 0 radical (unpaired) electrons.